The topological polar surface area (TPSA) is 44.9 Å². The highest BCUT2D eigenvalue weighted by Gasteiger charge is 2.07. The smallest absolute Gasteiger partial charge is 0.225 e. The van der Waals surface area contributed by atoms with E-state index in [0.717, 1.165) is 26.8 Å². The maximum absolute atomic E-state index is 11.5. The fraction of sp³-hybridized carbons (Fsp3) is 0.556. The standard InChI is InChI=1S/C9H14N2OS3/c1-6-7(15-9(13)11-6)5-8(12)10-3-4-14-2/h3-5H2,1-2H3,(H,10,12)(H,11,13). The van der Waals surface area contributed by atoms with Gasteiger partial charge in [0.2, 0.25) is 5.91 Å². The van der Waals surface area contributed by atoms with Gasteiger partial charge < -0.3 is 10.3 Å². The van der Waals surface area contributed by atoms with Crippen molar-refractivity contribution in [2.24, 2.45) is 0 Å². The van der Waals surface area contributed by atoms with Gasteiger partial charge in [-0.15, -0.1) is 11.3 Å². The molecule has 84 valence electrons. The Kier molecular flexibility index (Phi) is 5.35. The molecule has 3 nitrogen and oxygen atoms in total. The third-order valence-electron chi connectivity index (χ3n) is 1.87. The lowest BCUT2D eigenvalue weighted by Crippen LogP contribution is -2.27. The van der Waals surface area contributed by atoms with Gasteiger partial charge in [-0.25, -0.2) is 0 Å². The highest BCUT2D eigenvalue weighted by Crippen LogP contribution is 2.14. The highest BCUT2D eigenvalue weighted by molar-refractivity contribution is 7.98. The van der Waals surface area contributed by atoms with Crippen LogP contribution in [0.2, 0.25) is 0 Å². The molecule has 1 aromatic rings. The third-order valence-corrected chi connectivity index (χ3v) is 3.82. The molecule has 2 N–H and O–H groups in total. The molecule has 1 amide bonds. The van der Waals surface area contributed by atoms with Gasteiger partial charge in [-0.3, -0.25) is 4.79 Å². The minimum absolute atomic E-state index is 0.0670. The van der Waals surface area contributed by atoms with Crippen LogP contribution in [0, 0.1) is 10.9 Å². The molecule has 0 unspecified atom stereocenters. The summed E-state index contributed by atoms with van der Waals surface area (Å²) >= 11 is 8.20. The van der Waals surface area contributed by atoms with E-state index in [1.54, 1.807) is 11.8 Å². The number of nitrogens with one attached hydrogen (secondary N) is 2. The predicted octanol–water partition coefficient (Wildman–Crippen LogP) is 2.14. The Morgan fingerprint density at radius 3 is 2.93 bits per heavy atom. The first kappa shape index (κ1) is 12.7. The molecule has 0 aliphatic rings. The molecule has 0 spiro atoms. The van der Waals surface area contributed by atoms with Crippen LogP contribution < -0.4 is 5.32 Å². The number of thiazole rings is 1. The molecular weight excluding hydrogens is 248 g/mol. The van der Waals surface area contributed by atoms with Gasteiger partial charge in [0.05, 0.1) is 6.42 Å². The van der Waals surface area contributed by atoms with E-state index in [1.807, 2.05) is 13.2 Å². The van der Waals surface area contributed by atoms with Gasteiger partial charge in [0.1, 0.15) is 0 Å². The lowest BCUT2D eigenvalue weighted by molar-refractivity contribution is -0.120. The van der Waals surface area contributed by atoms with Crippen molar-refractivity contribution in [3.63, 3.8) is 0 Å². The maximum Gasteiger partial charge on any atom is 0.225 e. The molecule has 6 heteroatoms. The Bertz CT molecular complexity index is 383. The van der Waals surface area contributed by atoms with Crippen LogP contribution in [0.5, 0.6) is 0 Å². The van der Waals surface area contributed by atoms with E-state index in [9.17, 15) is 4.79 Å². The largest absolute Gasteiger partial charge is 0.355 e. The number of hydrogen-bond donors (Lipinski definition) is 2. The van der Waals surface area contributed by atoms with Crippen LogP contribution in [0.25, 0.3) is 0 Å². The van der Waals surface area contributed by atoms with E-state index < -0.39 is 0 Å². The van der Waals surface area contributed by atoms with Gasteiger partial charge in [-0.05, 0) is 25.4 Å². The second-order valence-corrected chi connectivity index (χ2v) is 5.84. The molecule has 0 saturated heterocycles. The summed E-state index contributed by atoms with van der Waals surface area (Å²) in [6, 6.07) is 0. The van der Waals surface area contributed by atoms with Crippen LogP contribution in [-0.4, -0.2) is 29.4 Å². The van der Waals surface area contributed by atoms with Crippen molar-refractivity contribution in [2.75, 3.05) is 18.6 Å². The zero-order valence-electron chi connectivity index (χ0n) is 8.75. The molecule has 1 aromatic heterocycles. The van der Waals surface area contributed by atoms with Crippen molar-refractivity contribution in [2.45, 2.75) is 13.3 Å². The average molecular weight is 262 g/mol. The number of thioether (sulfide) groups is 1. The number of aryl methyl sites for hydroxylation is 1. The summed E-state index contributed by atoms with van der Waals surface area (Å²) in [6.07, 6.45) is 2.45. The van der Waals surface area contributed by atoms with Crippen LogP contribution in [-0.2, 0) is 11.2 Å². The van der Waals surface area contributed by atoms with Crippen LogP contribution >= 0.6 is 35.3 Å². The number of hydrogen-bond acceptors (Lipinski definition) is 4. The van der Waals surface area contributed by atoms with Crippen LogP contribution in [0.15, 0.2) is 0 Å². The summed E-state index contributed by atoms with van der Waals surface area (Å²) in [5.41, 5.74) is 1.00. The number of aromatic amines is 1. The van der Waals surface area contributed by atoms with Gasteiger partial charge >= 0.3 is 0 Å². The second-order valence-electron chi connectivity index (χ2n) is 3.08. The van der Waals surface area contributed by atoms with Crippen molar-refractivity contribution in [1.82, 2.24) is 10.3 Å². The van der Waals surface area contributed by atoms with Crippen molar-refractivity contribution in [1.29, 1.82) is 0 Å². The quantitative estimate of drug-likeness (QED) is 0.631. The van der Waals surface area contributed by atoms with Crippen molar-refractivity contribution < 1.29 is 4.79 Å². The normalized spacial score (nSPS) is 10.3. The van der Waals surface area contributed by atoms with Crippen LogP contribution in [0.3, 0.4) is 0 Å². The van der Waals surface area contributed by atoms with E-state index in [-0.39, 0.29) is 5.91 Å². The minimum Gasteiger partial charge on any atom is -0.355 e. The first-order chi connectivity index (χ1) is 7.13. The van der Waals surface area contributed by atoms with E-state index in [1.165, 1.54) is 11.3 Å². The predicted molar refractivity (Wildman–Crippen MR) is 69.3 cm³/mol. The summed E-state index contributed by atoms with van der Waals surface area (Å²) < 4.78 is 0.736. The highest BCUT2D eigenvalue weighted by atomic mass is 32.2. The van der Waals surface area contributed by atoms with Crippen molar-refractivity contribution in [3.8, 4) is 0 Å². The molecule has 1 heterocycles. The number of H-pyrrole nitrogens is 1. The molecule has 15 heavy (non-hydrogen) atoms. The molecule has 0 bridgehead atoms. The average Bonchev–Trinajstić information content (AvgIpc) is 2.45. The number of aromatic nitrogens is 1. The molecular formula is C9H14N2OS3. The molecule has 0 aliphatic carbocycles. The summed E-state index contributed by atoms with van der Waals surface area (Å²) in [5, 5.41) is 2.87. The monoisotopic (exact) mass is 262 g/mol. The number of rotatable bonds is 5. The van der Waals surface area contributed by atoms with E-state index in [4.69, 9.17) is 12.2 Å². The zero-order valence-corrected chi connectivity index (χ0v) is 11.2. The maximum atomic E-state index is 11.5. The van der Waals surface area contributed by atoms with Crippen molar-refractivity contribution in [3.05, 3.63) is 14.5 Å². The van der Waals surface area contributed by atoms with Crippen LogP contribution in [0.1, 0.15) is 10.6 Å². The first-order valence-corrected chi connectivity index (χ1v) is 7.19. The lowest BCUT2D eigenvalue weighted by atomic mass is 10.3. The number of carbonyl (C=O) groups excluding carboxylic acids is 1. The SMILES string of the molecule is CSCCNC(=O)Cc1sc(=S)[nH]c1C. The fourth-order valence-electron chi connectivity index (χ4n) is 1.11. The van der Waals surface area contributed by atoms with Crippen molar-refractivity contribution >= 4 is 41.2 Å². The number of amides is 1. The summed E-state index contributed by atoms with van der Waals surface area (Å²) in [7, 11) is 0. The Labute approximate surface area is 103 Å². The molecule has 0 aromatic carbocycles. The Hall–Kier alpha value is -0.330. The summed E-state index contributed by atoms with van der Waals surface area (Å²) in [6.45, 7) is 2.67. The Morgan fingerprint density at radius 1 is 1.67 bits per heavy atom. The molecule has 0 radical (unpaired) electrons. The molecule has 0 aliphatic heterocycles. The van der Waals surface area contributed by atoms with E-state index in [2.05, 4.69) is 10.3 Å². The van der Waals surface area contributed by atoms with Gasteiger partial charge in [0.25, 0.3) is 0 Å². The fourth-order valence-corrected chi connectivity index (χ4v) is 2.70. The van der Waals surface area contributed by atoms with Gasteiger partial charge in [-0.1, -0.05) is 0 Å². The molecule has 0 atom stereocenters. The van der Waals surface area contributed by atoms with Gasteiger partial charge in [0, 0.05) is 22.9 Å². The summed E-state index contributed by atoms with van der Waals surface area (Å²) in [4.78, 5) is 15.5. The van der Waals surface area contributed by atoms with E-state index in [0.29, 0.717) is 6.42 Å². The van der Waals surface area contributed by atoms with Gasteiger partial charge in [0.15, 0.2) is 3.95 Å². The lowest BCUT2D eigenvalue weighted by Gasteiger charge is -2.02. The van der Waals surface area contributed by atoms with Gasteiger partial charge in [-0.2, -0.15) is 11.8 Å². The number of carbonyl (C=O) groups is 1. The summed E-state index contributed by atoms with van der Waals surface area (Å²) in [5.74, 6) is 1.02. The molecule has 0 saturated carbocycles. The molecule has 0 fully saturated rings. The second kappa shape index (κ2) is 6.30. The minimum atomic E-state index is 0.0670. The first-order valence-electron chi connectivity index (χ1n) is 4.57. The Balaban J connectivity index is 2.44. The van der Waals surface area contributed by atoms with Crippen LogP contribution in [0.4, 0.5) is 0 Å². The van der Waals surface area contributed by atoms with E-state index >= 15 is 0 Å². The molecule has 1 rings (SSSR count). The third kappa shape index (κ3) is 4.36. The zero-order chi connectivity index (χ0) is 11.3. The Morgan fingerprint density at radius 2 is 2.40 bits per heavy atom.